The van der Waals surface area contributed by atoms with Crippen molar-refractivity contribution in [2.75, 3.05) is 30.3 Å². The maximum absolute atomic E-state index is 13.2. The Morgan fingerprint density at radius 1 is 1.23 bits per heavy atom. The number of primary amides is 1. The molecular formula is C17H21FN6O2. The Morgan fingerprint density at radius 3 is 2.69 bits per heavy atom. The highest BCUT2D eigenvalue weighted by Crippen LogP contribution is 2.25. The summed E-state index contributed by atoms with van der Waals surface area (Å²) in [5, 5.41) is 9.63. The molecule has 1 aromatic heterocycles. The summed E-state index contributed by atoms with van der Waals surface area (Å²) in [6, 6.07) is 7.04. The number of hydrogen-bond donors (Lipinski definition) is 3. The van der Waals surface area contributed by atoms with Gasteiger partial charge in [-0.1, -0.05) is 6.07 Å². The van der Waals surface area contributed by atoms with E-state index in [0.717, 1.165) is 25.9 Å². The van der Waals surface area contributed by atoms with E-state index >= 15 is 0 Å². The first-order valence-corrected chi connectivity index (χ1v) is 8.39. The van der Waals surface area contributed by atoms with E-state index in [-0.39, 0.29) is 18.5 Å². The highest BCUT2D eigenvalue weighted by molar-refractivity contribution is 5.99. The summed E-state index contributed by atoms with van der Waals surface area (Å²) in [6.45, 7) is 1.73. The van der Waals surface area contributed by atoms with Crippen molar-refractivity contribution in [1.82, 2.24) is 14.7 Å². The molecular weight excluding hydrogens is 339 g/mol. The number of carbonyl (C=O) groups excluding carboxylic acids is 2. The number of halogens is 1. The molecule has 1 aromatic carbocycles. The number of nitrogens with zero attached hydrogens (tertiary/aromatic N) is 3. The normalized spacial score (nSPS) is 15.6. The summed E-state index contributed by atoms with van der Waals surface area (Å²) < 4.78 is 15.0. The minimum atomic E-state index is -0.469. The Balaban J connectivity index is 1.58. The molecule has 8 nitrogen and oxygen atoms in total. The van der Waals surface area contributed by atoms with Crippen LogP contribution in [0.1, 0.15) is 18.9 Å². The van der Waals surface area contributed by atoms with Crippen molar-refractivity contribution in [3.8, 4) is 0 Å². The van der Waals surface area contributed by atoms with Crippen LogP contribution in [0.25, 0.3) is 0 Å². The predicted octanol–water partition coefficient (Wildman–Crippen LogP) is 1.79. The number of hydrogen-bond acceptors (Lipinski definition) is 4. The molecule has 2 heterocycles. The Bertz CT molecular complexity index is 785. The van der Waals surface area contributed by atoms with Crippen LogP contribution in [0.5, 0.6) is 0 Å². The van der Waals surface area contributed by atoms with Crippen molar-refractivity contribution in [2.45, 2.75) is 18.9 Å². The van der Waals surface area contributed by atoms with Crippen LogP contribution in [0, 0.1) is 5.82 Å². The molecule has 0 saturated carbocycles. The van der Waals surface area contributed by atoms with Crippen molar-refractivity contribution in [3.63, 3.8) is 0 Å². The molecule has 0 bridgehead atoms. The SMILES string of the molecule is NC(=O)CN1CCC(n2nccc2NC(=O)Nc2cccc(F)c2)CC1. The number of likely N-dealkylation sites (tertiary alicyclic amines) is 1. The highest BCUT2D eigenvalue weighted by Gasteiger charge is 2.23. The van der Waals surface area contributed by atoms with Crippen molar-refractivity contribution in [3.05, 3.63) is 42.3 Å². The average Bonchev–Trinajstić information content (AvgIpc) is 3.03. The number of nitrogens with one attached hydrogen (secondary N) is 2. The van der Waals surface area contributed by atoms with Gasteiger partial charge in [-0.2, -0.15) is 5.10 Å². The minimum Gasteiger partial charge on any atom is -0.369 e. The van der Waals surface area contributed by atoms with Gasteiger partial charge in [-0.25, -0.2) is 13.9 Å². The number of anilines is 2. The Kier molecular flexibility index (Phi) is 5.47. The third-order valence-corrected chi connectivity index (χ3v) is 4.28. The average molecular weight is 360 g/mol. The van der Waals surface area contributed by atoms with Crippen LogP contribution in [0.2, 0.25) is 0 Å². The van der Waals surface area contributed by atoms with Crippen molar-refractivity contribution >= 4 is 23.4 Å². The Hall–Kier alpha value is -2.94. The van der Waals surface area contributed by atoms with Gasteiger partial charge < -0.3 is 11.1 Å². The number of benzene rings is 1. The first-order chi connectivity index (χ1) is 12.5. The van der Waals surface area contributed by atoms with E-state index in [1.807, 2.05) is 4.90 Å². The van der Waals surface area contributed by atoms with Crippen LogP contribution in [0.4, 0.5) is 20.7 Å². The van der Waals surface area contributed by atoms with Gasteiger partial charge in [0.1, 0.15) is 11.6 Å². The van der Waals surface area contributed by atoms with Gasteiger partial charge in [-0.3, -0.25) is 15.0 Å². The second-order valence-corrected chi connectivity index (χ2v) is 6.22. The molecule has 26 heavy (non-hydrogen) atoms. The number of aromatic nitrogens is 2. The van der Waals surface area contributed by atoms with Crippen molar-refractivity contribution in [1.29, 1.82) is 0 Å². The lowest BCUT2D eigenvalue weighted by atomic mass is 10.1. The van der Waals surface area contributed by atoms with Crippen LogP contribution in [0.3, 0.4) is 0 Å². The van der Waals surface area contributed by atoms with Crippen LogP contribution < -0.4 is 16.4 Å². The fourth-order valence-electron chi connectivity index (χ4n) is 3.09. The first-order valence-electron chi connectivity index (χ1n) is 8.39. The third kappa shape index (κ3) is 4.57. The minimum absolute atomic E-state index is 0.124. The summed E-state index contributed by atoms with van der Waals surface area (Å²) in [6.07, 6.45) is 3.22. The molecule has 3 amide bonds. The Labute approximate surface area is 150 Å². The number of urea groups is 1. The Morgan fingerprint density at radius 2 is 2.00 bits per heavy atom. The molecule has 9 heteroatoms. The van der Waals surface area contributed by atoms with E-state index in [4.69, 9.17) is 5.73 Å². The molecule has 2 aromatic rings. The molecule has 1 saturated heterocycles. The maximum Gasteiger partial charge on any atom is 0.324 e. The summed E-state index contributed by atoms with van der Waals surface area (Å²) in [4.78, 5) is 25.2. The van der Waals surface area contributed by atoms with Gasteiger partial charge in [0.15, 0.2) is 0 Å². The van der Waals surface area contributed by atoms with Gasteiger partial charge in [-0.05, 0) is 31.0 Å². The fourth-order valence-corrected chi connectivity index (χ4v) is 3.09. The lowest BCUT2D eigenvalue weighted by Crippen LogP contribution is -2.40. The van der Waals surface area contributed by atoms with E-state index in [1.165, 1.54) is 18.2 Å². The molecule has 1 fully saturated rings. The molecule has 1 aliphatic rings. The molecule has 0 atom stereocenters. The van der Waals surface area contributed by atoms with Gasteiger partial charge >= 0.3 is 6.03 Å². The zero-order valence-electron chi connectivity index (χ0n) is 14.2. The van der Waals surface area contributed by atoms with Gasteiger partial charge in [0.2, 0.25) is 5.91 Å². The van der Waals surface area contributed by atoms with E-state index in [0.29, 0.717) is 11.5 Å². The molecule has 0 spiro atoms. The molecule has 1 aliphatic heterocycles. The molecule has 0 radical (unpaired) electrons. The van der Waals surface area contributed by atoms with Gasteiger partial charge in [0.25, 0.3) is 0 Å². The maximum atomic E-state index is 13.2. The molecule has 0 aliphatic carbocycles. The van der Waals surface area contributed by atoms with E-state index in [2.05, 4.69) is 15.7 Å². The topological polar surface area (TPSA) is 105 Å². The third-order valence-electron chi connectivity index (χ3n) is 4.28. The summed E-state index contributed by atoms with van der Waals surface area (Å²) in [5.74, 6) is -0.193. The molecule has 3 rings (SSSR count). The van der Waals surface area contributed by atoms with Crippen LogP contribution in [0.15, 0.2) is 36.5 Å². The number of piperidine rings is 1. The smallest absolute Gasteiger partial charge is 0.324 e. The zero-order valence-corrected chi connectivity index (χ0v) is 14.2. The van der Waals surface area contributed by atoms with E-state index < -0.39 is 11.8 Å². The lowest BCUT2D eigenvalue weighted by Gasteiger charge is -2.31. The number of carbonyl (C=O) groups is 2. The van der Waals surface area contributed by atoms with E-state index in [9.17, 15) is 14.0 Å². The highest BCUT2D eigenvalue weighted by atomic mass is 19.1. The zero-order chi connectivity index (χ0) is 18.5. The fraction of sp³-hybridized carbons (Fsp3) is 0.353. The van der Waals surface area contributed by atoms with Crippen LogP contribution >= 0.6 is 0 Å². The van der Waals surface area contributed by atoms with Crippen LogP contribution in [-0.4, -0.2) is 46.3 Å². The van der Waals surface area contributed by atoms with Gasteiger partial charge in [0.05, 0.1) is 18.8 Å². The largest absolute Gasteiger partial charge is 0.369 e. The number of amides is 3. The molecule has 4 N–H and O–H groups in total. The molecule has 138 valence electrons. The number of nitrogens with two attached hydrogens (primary N) is 1. The van der Waals surface area contributed by atoms with Crippen molar-refractivity contribution in [2.24, 2.45) is 5.73 Å². The number of rotatable bonds is 5. The molecule has 0 unspecified atom stereocenters. The second-order valence-electron chi connectivity index (χ2n) is 6.22. The van der Waals surface area contributed by atoms with Crippen LogP contribution in [-0.2, 0) is 4.79 Å². The summed E-state index contributed by atoms with van der Waals surface area (Å²) in [7, 11) is 0. The van der Waals surface area contributed by atoms with Gasteiger partial charge in [0, 0.05) is 24.8 Å². The summed E-state index contributed by atoms with van der Waals surface area (Å²) in [5.41, 5.74) is 5.60. The van der Waals surface area contributed by atoms with Crippen molar-refractivity contribution < 1.29 is 14.0 Å². The second kappa shape index (κ2) is 7.96. The monoisotopic (exact) mass is 360 g/mol. The standard InChI is InChI=1S/C17H21FN6O2/c18-12-2-1-3-13(10-12)21-17(26)22-16-4-7-20-24(16)14-5-8-23(9-6-14)11-15(19)25/h1-4,7,10,14H,5-6,8-9,11H2,(H2,19,25)(H2,21,22,26). The van der Waals surface area contributed by atoms with E-state index in [1.54, 1.807) is 23.0 Å². The quantitative estimate of drug-likeness (QED) is 0.756. The lowest BCUT2D eigenvalue weighted by molar-refractivity contribution is -0.119. The van der Waals surface area contributed by atoms with Gasteiger partial charge in [-0.15, -0.1) is 0 Å². The predicted molar refractivity (Wildman–Crippen MR) is 95.2 cm³/mol. The summed E-state index contributed by atoms with van der Waals surface area (Å²) >= 11 is 0. The first kappa shape index (κ1) is 17.9.